The molecule has 0 saturated carbocycles. The predicted octanol–water partition coefficient (Wildman–Crippen LogP) is 3.16. The predicted molar refractivity (Wildman–Crippen MR) is 85.2 cm³/mol. The third kappa shape index (κ3) is 4.79. The molecule has 3 N–H and O–H groups in total. The van der Waals surface area contributed by atoms with E-state index in [1.54, 1.807) is 48.5 Å². The summed E-state index contributed by atoms with van der Waals surface area (Å²) in [5, 5.41) is 14.8. The first-order chi connectivity index (χ1) is 10.5. The highest BCUT2D eigenvalue weighted by Gasteiger charge is 2.20. The second-order valence-corrected chi connectivity index (χ2v) is 5.12. The van der Waals surface area contributed by atoms with Crippen LogP contribution < -0.4 is 10.6 Å². The summed E-state index contributed by atoms with van der Waals surface area (Å²) in [6, 6.07) is 14.0. The van der Waals surface area contributed by atoms with Crippen LogP contribution in [0.5, 0.6) is 0 Å². The summed E-state index contributed by atoms with van der Waals surface area (Å²) in [6.07, 6.45) is 0.175. The lowest BCUT2D eigenvalue weighted by atomic mass is 10.1. The quantitative estimate of drug-likeness (QED) is 0.792. The van der Waals surface area contributed by atoms with E-state index in [1.807, 2.05) is 6.07 Å². The maximum absolute atomic E-state index is 11.9. The number of nitrogens with one attached hydrogen (secondary N) is 2. The van der Waals surface area contributed by atoms with Gasteiger partial charge in [0.1, 0.15) is 6.04 Å². The summed E-state index contributed by atoms with van der Waals surface area (Å²) < 4.78 is 0. The van der Waals surface area contributed by atoms with Crippen LogP contribution >= 0.6 is 11.6 Å². The van der Waals surface area contributed by atoms with Crippen molar-refractivity contribution in [1.82, 2.24) is 5.32 Å². The Bertz CT molecular complexity index is 644. The number of carboxylic acid groups (broad SMARTS) is 1. The average Bonchev–Trinajstić information content (AvgIpc) is 2.49. The summed E-state index contributed by atoms with van der Waals surface area (Å²) in [5.41, 5.74) is 1.37. The van der Waals surface area contributed by atoms with Gasteiger partial charge in [-0.2, -0.15) is 0 Å². The maximum Gasteiger partial charge on any atom is 0.326 e. The van der Waals surface area contributed by atoms with Crippen molar-refractivity contribution in [3.05, 3.63) is 65.2 Å². The fraction of sp³-hybridized carbons (Fsp3) is 0.125. The van der Waals surface area contributed by atoms with Gasteiger partial charge in [-0.25, -0.2) is 9.59 Å². The van der Waals surface area contributed by atoms with E-state index in [-0.39, 0.29) is 6.42 Å². The van der Waals surface area contributed by atoms with Crippen molar-refractivity contribution in [2.45, 2.75) is 12.5 Å². The molecule has 114 valence electrons. The number of carbonyl (C=O) groups is 2. The molecule has 0 aliphatic rings. The highest BCUT2D eigenvalue weighted by atomic mass is 35.5. The number of urea groups is 1. The number of aliphatic carboxylic acids is 1. The summed E-state index contributed by atoms with van der Waals surface area (Å²) in [7, 11) is 0. The van der Waals surface area contributed by atoms with E-state index in [0.717, 1.165) is 5.56 Å². The number of hydrogen-bond donors (Lipinski definition) is 3. The normalized spacial score (nSPS) is 11.5. The molecule has 0 bridgehead atoms. The van der Waals surface area contributed by atoms with E-state index < -0.39 is 18.0 Å². The van der Waals surface area contributed by atoms with Crippen LogP contribution in [0.1, 0.15) is 5.56 Å². The van der Waals surface area contributed by atoms with E-state index in [4.69, 9.17) is 11.6 Å². The molecule has 1 atom stereocenters. The van der Waals surface area contributed by atoms with Crippen LogP contribution in [0, 0.1) is 0 Å². The first kappa shape index (κ1) is 15.9. The molecule has 2 amide bonds. The van der Waals surface area contributed by atoms with Gasteiger partial charge >= 0.3 is 12.0 Å². The first-order valence-corrected chi connectivity index (χ1v) is 7.02. The minimum atomic E-state index is -1.10. The Kier molecular flexibility index (Phi) is 5.38. The molecule has 0 saturated heterocycles. The number of halogens is 1. The van der Waals surface area contributed by atoms with Crippen molar-refractivity contribution in [3.8, 4) is 0 Å². The smallest absolute Gasteiger partial charge is 0.326 e. The van der Waals surface area contributed by atoms with Crippen molar-refractivity contribution in [3.63, 3.8) is 0 Å². The van der Waals surface area contributed by atoms with Crippen LogP contribution in [0.15, 0.2) is 54.6 Å². The average molecular weight is 319 g/mol. The van der Waals surface area contributed by atoms with Crippen LogP contribution in [0.2, 0.25) is 5.02 Å². The van der Waals surface area contributed by atoms with Gasteiger partial charge in [-0.05, 0) is 29.8 Å². The number of benzene rings is 2. The van der Waals surface area contributed by atoms with Gasteiger partial charge in [0.2, 0.25) is 0 Å². The molecular weight excluding hydrogens is 304 g/mol. The fourth-order valence-corrected chi connectivity index (χ4v) is 2.03. The molecule has 2 aromatic rings. The lowest BCUT2D eigenvalue weighted by molar-refractivity contribution is -0.139. The largest absolute Gasteiger partial charge is 0.480 e. The van der Waals surface area contributed by atoms with Gasteiger partial charge in [0.15, 0.2) is 0 Å². The molecule has 0 aliphatic carbocycles. The standard InChI is InChI=1S/C16H15ClN2O3/c17-12-8-6-11(7-9-12)10-14(15(20)21)19-16(22)18-13-4-2-1-3-5-13/h1-9,14H,10H2,(H,20,21)(H2,18,19,22)/t14-/m1/s1. The minimum Gasteiger partial charge on any atom is -0.480 e. The van der Waals surface area contributed by atoms with Crippen LogP contribution in [0.4, 0.5) is 10.5 Å². The highest BCUT2D eigenvalue weighted by Crippen LogP contribution is 2.11. The number of carboxylic acids is 1. The van der Waals surface area contributed by atoms with Crippen molar-refractivity contribution in [2.75, 3.05) is 5.32 Å². The molecule has 5 nitrogen and oxygen atoms in total. The number of para-hydroxylation sites is 1. The second kappa shape index (κ2) is 7.47. The van der Waals surface area contributed by atoms with Gasteiger partial charge < -0.3 is 15.7 Å². The molecule has 2 aromatic carbocycles. The number of hydrogen-bond acceptors (Lipinski definition) is 2. The Morgan fingerprint density at radius 2 is 1.68 bits per heavy atom. The second-order valence-electron chi connectivity index (χ2n) is 4.69. The fourth-order valence-electron chi connectivity index (χ4n) is 1.90. The van der Waals surface area contributed by atoms with Gasteiger partial charge in [-0.1, -0.05) is 41.9 Å². The van der Waals surface area contributed by atoms with Gasteiger partial charge in [0.25, 0.3) is 0 Å². The minimum absolute atomic E-state index is 0.175. The van der Waals surface area contributed by atoms with Gasteiger partial charge in [0.05, 0.1) is 0 Å². The number of rotatable bonds is 5. The Labute approximate surface area is 132 Å². The monoisotopic (exact) mass is 318 g/mol. The van der Waals surface area contributed by atoms with Crippen LogP contribution in [0.25, 0.3) is 0 Å². The van der Waals surface area contributed by atoms with Crippen LogP contribution in [-0.4, -0.2) is 23.1 Å². The van der Waals surface area contributed by atoms with E-state index >= 15 is 0 Å². The van der Waals surface area contributed by atoms with Crippen LogP contribution in [-0.2, 0) is 11.2 Å². The summed E-state index contributed by atoms with van der Waals surface area (Å²) in [5.74, 6) is -1.10. The lowest BCUT2D eigenvalue weighted by Gasteiger charge is -2.15. The number of amides is 2. The molecule has 0 spiro atoms. The Morgan fingerprint density at radius 3 is 2.27 bits per heavy atom. The highest BCUT2D eigenvalue weighted by molar-refractivity contribution is 6.30. The zero-order chi connectivity index (χ0) is 15.9. The van der Waals surface area contributed by atoms with Gasteiger partial charge in [-0.15, -0.1) is 0 Å². The molecule has 2 rings (SSSR count). The van der Waals surface area contributed by atoms with Crippen LogP contribution in [0.3, 0.4) is 0 Å². The molecule has 6 heteroatoms. The number of carbonyl (C=O) groups excluding carboxylic acids is 1. The maximum atomic E-state index is 11.9. The Hall–Kier alpha value is -2.53. The lowest BCUT2D eigenvalue weighted by Crippen LogP contribution is -2.44. The molecule has 0 aliphatic heterocycles. The zero-order valence-electron chi connectivity index (χ0n) is 11.6. The van der Waals surface area contributed by atoms with E-state index in [1.165, 1.54) is 0 Å². The third-order valence-electron chi connectivity index (χ3n) is 2.99. The molecule has 0 unspecified atom stereocenters. The molecule has 22 heavy (non-hydrogen) atoms. The number of anilines is 1. The summed E-state index contributed by atoms with van der Waals surface area (Å²) in [4.78, 5) is 23.2. The molecular formula is C16H15ClN2O3. The molecule has 0 heterocycles. The zero-order valence-corrected chi connectivity index (χ0v) is 12.4. The van der Waals surface area contributed by atoms with E-state index in [0.29, 0.717) is 10.7 Å². The van der Waals surface area contributed by atoms with Crippen molar-refractivity contribution in [1.29, 1.82) is 0 Å². The third-order valence-corrected chi connectivity index (χ3v) is 3.24. The van der Waals surface area contributed by atoms with Crippen molar-refractivity contribution in [2.24, 2.45) is 0 Å². The van der Waals surface area contributed by atoms with E-state index in [2.05, 4.69) is 10.6 Å². The first-order valence-electron chi connectivity index (χ1n) is 6.64. The molecule has 0 aromatic heterocycles. The Morgan fingerprint density at radius 1 is 1.05 bits per heavy atom. The SMILES string of the molecule is O=C(Nc1ccccc1)N[C@H](Cc1ccc(Cl)cc1)C(=O)O. The van der Waals surface area contributed by atoms with Gasteiger partial charge in [0, 0.05) is 17.1 Å². The Balaban J connectivity index is 1.98. The van der Waals surface area contributed by atoms with Crippen molar-refractivity contribution >= 4 is 29.3 Å². The summed E-state index contributed by atoms with van der Waals surface area (Å²) >= 11 is 5.79. The van der Waals surface area contributed by atoms with Gasteiger partial charge in [-0.3, -0.25) is 0 Å². The van der Waals surface area contributed by atoms with Crippen molar-refractivity contribution < 1.29 is 14.7 Å². The van der Waals surface area contributed by atoms with E-state index in [9.17, 15) is 14.7 Å². The summed E-state index contributed by atoms with van der Waals surface area (Å²) in [6.45, 7) is 0. The topological polar surface area (TPSA) is 78.4 Å². The molecule has 0 fully saturated rings. The molecule has 0 radical (unpaired) electrons.